The molecule has 7 nitrogen and oxygen atoms in total. The smallest absolute Gasteiger partial charge is 0.264 e. The number of benzene rings is 3. The lowest BCUT2D eigenvalue weighted by Gasteiger charge is -2.31. The summed E-state index contributed by atoms with van der Waals surface area (Å²) >= 11 is 3.43. The number of hydrogen-bond donors (Lipinski definition) is 1. The Morgan fingerprint density at radius 1 is 0.944 bits per heavy atom. The van der Waals surface area contributed by atoms with Crippen LogP contribution in [0.15, 0.2) is 82.2 Å². The fourth-order valence-electron chi connectivity index (χ4n) is 3.70. The van der Waals surface area contributed by atoms with Crippen molar-refractivity contribution in [3.05, 3.63) is 94.0 Å². The van der Waals surface area contributed by atoms with Crippen molar-refractivity contribution in [2.24, 2.45) is 0 Å². The third kappa shape index (κ3) is 6.53. The molecule has 0 heterocycles. The number of nitrogens with one attached hydrogen (secondary N) is 1. The van der Waals surface area contributed by atoms with Crippen LogP contribution >= 0.6 is 15.9 Å². The molecule has 1 N–H and O–H groups in total. The summed E-state index contributed by atoms with van der Waals surface area (Å²) in [6.45, 7) is 5.07. The Morgan fingerprint density at radius 2 is 1.53 bits per heavy atom. The molecule has 0 aliphatic carbocycles. The van der Waals surface area contributed by atoms with Gasteiger partial charge in [0.05, 0.1) is 10.6 Å². The molecule has 9 heteroatoms. The Hall–Kier alpha value is -3.17. The van der Waals surface area contributed by atoms with Crippen LogP contribution in [0.5, 0.6) is 0 Å². The molecular formula is C27H30BrN3O4S. The molecule has 3 rings (SSSR count). The summed E-state index contributed by atoms with van der Waals surface area (Å²) in [5.41, 5.74) is 3.05. The minimum Gasteiger partial charge on any atom is -0.357 e. The largest absolute Gasteiger partial charge is 0.357 e. The van der Waals surface area contributed by atoms with E-state index in [4.69, 9.17) is 0 Å². The van der Waals surface area contributed by atoms with Gasteiger partial charge in [0.1, 0.15) is 12.6 Å². The van der Waals surface area contributed by atoms with E-state index >= 15 is 0 Å². The molecule has 190 valence electrons. The number of amides is 2. The van der Waals surface area contributed by atoms with E-state index in [1.165, 1.54) is 24.1 Å². The van der Waals surface area contributed by atoms with Crippen molar-refractivity contribution in [2.75, 3.05) is 17.9 Å². The molecule has 0 fully saturated rings. The van der Waals surface area contributed by atoms with Crippen LogP contribution in [0.4, 0.5) is 5.69 Å². The van der Waals surface area contributed by atoms with Crippen LogP contribution in [0, 0.1) is 13.8 Å². The number of carbonyl (C=O) groups excluding carboxylic acids is 2. The molecule has 0 saturated heterocycles. The predicted molar refractivity (Wildman–Crippen MR) is 145 cm³/mol. The van der Waals surface area contributed by atoms with Crippen molar-refractivity contribution in [1.29, 1.82) is 0 Å². The molecule has 1 unspecified atom stereocenters. The molecule has 3 aromatic carbocycles. The highest BCUT2D eigenvalue weighted by atomic mass is 79.9. The number of anilines is 1. The Labute approximate surface area is 221 Å². The van der Waals surface area contributed by atoms with Crippen LogP contribution in [-0.4, -0.2) is 44.8 Å². The normalized spacial score (nSPS) is 12.0. The highest BCUT2D eigenvalue weighted by Crippen LogP contribution is 2.25. The molecule has 2 amide bonds. The van der Waals surface area contributed by atoms with Gasteiger partial charge in [0, 0.05) is 18.1 Å². The summed E-state index contributed by atoms with van der Waals surface area (Å²) in [5, 5.41) is 2.58. The molecule has 0 radical (unpaired) electrons. The average Bonchev–Trinajstić information content (AvgIpc) is 2.85. The van der Waals surface area contributed by atoms with Gasteiger partial charge >= 0.3 is 0 Å². The summed E-state index contributed by atoms with van der Waals surface area (Å²) < 4.78 is 29.4. The molecule has 0 aliphatic heterocycles. The first-order valence-electron chi connectivity index (χ1n) is 11.4. The maximum Gasteiger partial charge on any atom is 0.264 e. The molecule has 0 spiro atoms. The zero-order valence-corrected chi connectivity index (χ0v) is 23.1. The van der Waals surface area contributed by atoms with Gasteiger partial charge in [-0.1, -0.05) is 63.5 Å². The third-order valence-electron chi connectivity index (χ3n) is 5.87. The van der Waals surface area contributed by atoms with E-state index in [1.54, 1.807) is 43.3 Å². The average molecular weight is 573 g/mol. The van der Waals surface area contributed by atoms with Crippen molar-refractivity contribution < 1.29 is 18.0 Å². The minimum atomic E-state index is -4.07. The van der Waals surface area contributed by atoms with E-state index in [9.17, 15) is 18.0 Å². The molecule has 0 saturated carbocycles. The summed E-state index contributed by atoms with van der Waals surface area (Å²) in [5.74, 6) is -0.844. The van der Waals surface area contributed by atoms with Gasteiger partial charge in [-0.05, 0) is 62.7 Å². The number of likely N-dealkylation sites (N-methyl/N-ethyl adjacent to an activating group) is 1. The number of carbonyl (C=O) groups is 2. The number of aryl methyl sites for hydroxylation is 2. The molecule has 0 bridgehead atoms. The van der Waals surface area contributed by atoms with Gasteiger partial charge in [-0.25, -0.2) is 8.42 Å². The number of nitrogens with zero attached hydrogens (tertiary/aromatic N) is 2. The van der Waals surface area contributed by atoms with Gasteiger partial charge < -0.3 is 10.2 Å². The summed E-state index contributed by atoms with van der Waals surface area (Å²) in [6.07, 6.45) is 0. The lowest BCUT2D eigenvalue weighted by atomic mass is 10.1. The van der Waals surface area contributed by atoms with E-state index in [0.717, 1.165) is 25.5 Å². The highest BCUT2D eigenvalue weighted by Gasteiger charge is 2.32. The minimum absolute atomic E-state index is 0.0827. The van der Waals surface area contributed by atoms with Gasteiger partial charge in [0.2, 0.25) is 11.8 Å². The van der Waals surface area contributed by atoms with Gasteiger partial charge in [0.15, 0.2) is 0 Å². The van der Waals surface area contributed by atoms with Gasteiger partial charge in [-0.2, -0.15) is 0 Å². The van der Waals surface area contributed by atoms with Crippen molar-refractivity contribution in [2.45, 2.75) is 38.3 Å². The molecule has 0 aromatic heterocycles. The Morgan fingerprint density at radius 3 is 2.08 bits per heavy atom. The Bertz CT molecular complexity index is 1330. The molecule has 0 aliphatic rings. The first-order chi connectivity index (χ1) is 17.0. The maximum atomic E-state index is 13.7. The number of hydrogen-bond acceptors (Lipinski definition) is 4. The van der Waals surface area contributed by atoms with Gasteiger partial charge in [-0.15, -0.1) is 0 Å². The summed E-state index contributed by atoms with van der Waals surface area (Å²) in [6, 6.07) is 20.0. The third-order valence-corrected chi connectivity index (χ3v) is 8.15. The zero-order valence-electron chi connectivity index (χ0n) is 20.7. The second kappa shape index (κ2) is 11.7. The van der Waals surface area contributed by atoms with E-state index in [2.05, 4.69) is 21.2 Å². The first kappa shape index (κ1) is 27.4. The van der Waals surface area contributed by atoms with Crippen LogP contribution in [0.1, 0.15) is 23.6 Å². The lowest BCUT2D eigenvalue weighted by molar-refractivity contribution is -0.139. The fourth-order valence-corrected chi connectivity index (χ4v) is 5.56. The standard InChI is InChI=1S/C27H30BrN3O4S/c1-19-8-12-24(13-9-19)31(36(34,35)25-14-10-20(2)11-15-25)18-26(32)30(21(3)27(33)29-4)17-22-6-5-7-23(28)16-22/h5-16,21H,17-18H2,1-4H3,(H,29,33). The van der Waals surface area contributed by atoms with Crippen molar-refractivity contribution in [3.8, 4) is 0 Å². The van der Waals surface area contributed by atoms with Crippen LogP contribution in [0.3, 0.4) is 0 Å². The maximum absolute atomic E-state index is 13.7. The van der Waals surface area contributed by atoms with Crippen LogP contribution in [0.2, 0.25) is 0 Å². The van der Waals surface area contributed by atoms with Gasteiger partial charge in [-0.3, -0.25) is 13.9 Å². The van der Waals surface area contributed by atoms with E-state index in [0.29, 0.717) is 5.69 Å². The highest BCUT2D eigenvalue weighted by molar-refractivity contribution is 9.10. The molecular weight excluding hydrogens is 542 g/mol. The van der Waals surface area contributed by atoms with E-state index in [-0.39, 0.29) is 17.3 Å². The Balaban J connectivity index is 2.02. The van der Waals surface area contributed by atoms with E-state index in [1.807, 2.05) is 38.1 Å². The van der Waals surface area contributed by atoms with Crippen LogP contribution in [-0.2, 0) is 26.2 Å². The van der Waals surface area contributed by atoms with Crippen LogP contribution < -0.4 is 9.62 Å². The zero-order chi connectivity index (χ0) is 26.5. The fraction of sp³-hybridized carbons (Fsp3) is 0.259. The molecule has 1 atom stereocenters. The SMILES string of the molecule is CNC(=O)C(C)N(Cc1cccc(Br)c1)C(=O)CN(c1ccc(C)cc1)S(=O)(=O)c1ccc(C)cc1. The quantitative estimate of drug-likeness (QED) is 0.411. The second-order valence-corrected chi connectivity index (χ2v) is 11.4. The van der Waals surface area contributed by atoms with Gasteiger partial charge in [0.25, 0.3) is 10.0 Å². The van der Waals surface area contributed by atoms with Crippen molar-refractivity contribution in [3.63, 3.8) is 0 Å². The van der Waals surface area contributed by atoms with Crippen molar-refractivity contribution >= 4 is 43.5 Å². The van der Waals surface area contributed by atoms with Crippen LogP contribution in [0.25, 0.3) is 0 Å². The molecule has 3 aromatic rings. The molecule has 36 heavy (non-hydrogen) atoms. The number of halogens is 1. The van der Waals surface area contributed by atoms with Crippen molar-refractivity contribution in [1.82, 2.24) is 10.2 Å². The monoisotopic (exact) mass is 571 g/mol. The number of sulfonamides is 1. The second-order valence-electron chi connectivity index (χ2n) is 8.60. The summed E-state index contributed by atoms with van der Waals surface area (Å²) in [4.78, 5) is 27.7. The summed E-state index contributed by atoms with van der Waals surface area (Å²) in [7, 11) is -2.56. The number of rotatable bonds is 9. The lowest BCUT2D eigenvalue weighted by Crippen LogP contribution is -2.50. The van der Waals surface area contributed by atoms with E-state index < -0.39 is 28.5 Å². The predicted octanol–water partition coefficient (Wildman–Crippen LogP) is 4.42. The topological polar surface area (TPSA) is 86.8 Å². The first-order valence-corrected chi connectivity index (χ1v) is 13.7. The Kier molecular flexibility index (Phi) is 8.92.